The Kier molecular flexibility index (Phi) is 3.98. The van der Waals surface area contributed by atoms with Gasteiger partial charge in [0.1, 0.15) is 0 Å². The molecule has 0 aliphatic heterocycles. The Balaban J connectivity index is 3.01. The summed E-state index contributed by atoms with van der Waals surface area (Å²) in [6, 6.07) is 8.10. The van der Waals surface area contributed by atoms with Crippen LogP contribution in [0.1, 0.15) is 30.5 Å². The molecule has 14 heavy (non-hydrogen) atoms. The Labute approximate surface area is 90.3 Å². The fraction of sp³-hybridized carbons (Fsp3) is 0.417. The zero-order valence-corrected chi connectivity index (χ0v) is 9.30. The zero-order chi connectivity index (χ0) is 10.6. The highest BCUT2D eigenvalue weighted by Gasteiger charge is 2.05. The van der Waals surface area contributed by atoms with Crippen LogP contribution in [0.4, 0.5) is 0 Å². The standard InChI is InChI=1S/C12H14ClN/c1-9(2)5-11-4-3-10(7-13)6-12(11)8-14/h3-4,6,9H,5,7H2,1-2H3. The van der Waals surface area contributed by atoms with Gasteiger partial charge in [-0.2, -0.15) is 5.26 Å². The van der Waals surface area contributed by atoms with Gasteiger partial charge in [-0.3, -0.25) is 0 Å². The summed E-state index contributed by atoms with van der Waals surface area (Å²) in [5.74, 6) is 1.04. The van der Waals surface area contributed by atoms with Gasteiger partial charge in [-0.05, 0) is 29.5 Å². The van der Waals surface area contributed by atoms with Crippen molar-refractivity contribution in [2.45, 2.75) is 26.1 Å². The van der Waals surface area contributed by atoms with Gasteiger partial charge in [0.15, 0.2) is 0 Å². The minimum Gasteiger partial charge on any atom is -0.192 e. The molecule has 0 spiro atoms. The molecule has 0 heterocycles. The van der Waals surface area contributed by atoms with Crippen molar-refractivity contribution in [2.24, 2.45) is 5.92 Å². The number of hydrogen-bond acceptors (Lipinski definition) is 1. The van der Waals surface area contributed by atoms with E-state index < -0.39 is 0 Å². The van der Waals surface area contributed by atoms with E-state index in [4.69, 9.17) is 16.9 Å². The lowest BCUT2D eigenvalue weighted by atomic mass is 9.97. The normalized spacial score (nSPS) is 10.2. The molecule has 0 saturated heterocycles. The highest BCUT2D eigenvalue weighted by atomic mass is 35.5. The lowest BCUT2D eigenvalue weighted by Gasteiger charge is -2.07. The quantitative estimate of drug-likeness (QED) is 0.696. The number of hydrogen-bond donors (Lipinski definition) is 0. The summed E-state index contributed by atoms with van der Waals surface area (Å²) >= 11 is 5.70. The Morgan fingerprint density at radius 2 is 2.14 bits per heavy atom. The lowest BCUT2D eigenvalue weighted by Crippen LogP contribution is -1.98. The summed E-state index contributed by atoms with van der Waals surface area (Å²) in [7, 11) is 0. The van der Waals surface area contributed by atoms with E-state index in [1.54, 1.807) is 0 Å². The van der Waals surface area contributed by atoms with Crippen LogP contribution in [0.3, 0.4) is 0 Å². The lowest BCUT2D eigenvalue weighted by molar-refractivity contribution is 0.646. The molecule has 1 nitrogen and oxygen atoms in total. The fourth-order valence-electron chi connectivity index (χ4n) is 1.43. The number of alkyl halides is 1. The van der Waals surface area contributed by atoms with Crippen LogP contribution in [0.25, 0.3) is 0 Å². The van der Waals surface area contributed by atoms with Crippen molar-refractivity contribution in [1.29, 1.82) is 5.26 Å². The number of benzene rings is 1. The minimum atomic E-state index is 0.469. The van der Waals surface area contributed by atoms with Crippen LogP contribution in [0.15, 0.2) is 18.2 Å². The van der Waals surface area contributed by atoms with Crippen LogP contribution < -0.4 is 0 Å². The van der Waals surface area contributed by atoms with E-state index in [2.05, 4.69) is 19.9 Å². The summed E-state index contributed by atoms with van der Waals surface area (Å²) < 4.78 is 0. The molecule has 0 aromatic heterocycles. The third-order valence-electron chi connectivity index (χ3n) is 2.08. The summed E-state index contributed by atoms with van der Waals surface area (Å²) in [5, 5.41) is 8.96. The molecule has 0 aliphatic carbocycles. The van der Waals surface area contributed by atoms with Crippen molar-refractivity contribution in [3.8, 4) is 6.07 Å². The molecule has 0 unspecified atom stereocenters. The molecular formula is C12H14ClN. The van der Waals surface area contributed by atoms with Gasteiger partial charge in [0, 0.05) is 5.88 Å². The van der Waals surface area contributed by atoms with Crippen molar-refractivity contribution < 1.29 is 0 Å². The maximum absolute atomic E-state index is 8.96. The van der Waals surface area contributed by atoms with Gasteiger partial charge in [0.2, 0.25) is 0 Å². The second-order valence-electron chi connectivity index (χ2n) is 3.83. The molecule has 1 aromatic carbocycles. The molecule has 0 amide bonds. The van der Waals surface area contributed by atoms with E-state index in [1.165, 1.54) is 0 Å². The van der Waals surface area contributed by atoms with E-state index >= 15 is 0 Å². The zero-order valence-electron chi connectivity index (χ0n) is 8.55. The summed E-state index contributed by atoms with van der Waals surface area (Å²) in [6.07, 6.45) is 0.950. The summed E-state index contributed by atoms with van der Waals surface area (Å²) in [5.41, 5.74) is 2.89. The number of halogens is 1. The second-order valence-corrected chi connectivity index (χ2v) is 4.10. The van der Waals surface area contributed by atoms with Crippen molar-refractivity contribution in [1.82, 2.24) is 0 Å². The third-order valence-corrected chi connectivity index (χ3v) is 2.39. The molecule has 74 valence electrons. The first-order chi connectivity index (χ1) is 6.67. The minimum absolute atomic E-state index is 0.469. The van der Waals surface area contributed by atoms with Gasteiger partial charge in [-0.25, -0.2) is 0 Å². The number of rotatable bonds is 3. The van der Waals surface area contributed by atoms with Gasteiger partial charge in [0.25, 0.3) is 0 Å². The fourth-order valence-corrected chi connectivity index (χ4v) is 1.59. The van der Waals surface area contributed by atoms with Crippen LogP contribution in [0, 0.1) is 17.2 Å². The smallest absolute Gasteiger partial charge is 0.0994 e. The van der Waals surface area contributed by atoms with E-state index in [0.717, 1.165) is 23.1 Å². The Hall–Kier alpha value is -1.00. The van der Waals surface area contributed by atoms with Crippen LogP contribution in [0.2, 0.25) is 0 Å². The molecule has 0 fully saturated rings. The van der Waals surface area contributed by atoms with Gasteiger partial charge in [0.05, 0.1) is 11.6 Å². The SMILES string of the molecule is CC(C)Cc1ccc(CCl)cc1C#N. The van der Waals surface area contributed by atoms with Crippen LogP contribution in [-0.2, 0) is 12.3 Å². The summed E-state index contributed by atoms with van der Waals surface area (Å²) in [4.78, 5) is 0. The van der Waals surface area contributed by atoms with Crippen LogP contribution in [-0.4, -0.2) is 0 Å². The first-order valence-electron chi connectivity index (χ1n) is 4.75. The number of nitrogens with zero attached hydrogens (tertiary/aromatic N) is 1. The van der Waals surface area contributed by atoms with E-state index in [9.17, 15) is 0 Å². The molecule has 2 heteroatoms. The highest BCUT2D eigenvalue weighted by Crippen LogP contribution is 2.16. The van der Waals surface area contributed by atoms with Crippen LogP contribution >= 0.6 is 11.6 Å². The molecule has 0 aliphatic rings. The average molecular weight is 208 g/mol. The second kappa shape index (κ2) is 5.02. The maximum Gasteiger partial charge on any atom is 0.0994 e. The van der Waals surface area contributed by atoms with Crippen molar-refractivity contribution in [2.75, 3.05) is 0 Å². The van der Waals surface area contributed by atoms with Gasteiger partial charge in [-0.15, -0.1) is 11.6 Å². The monoisotopic (exact) mass is 207 g/mol. The third kappa shape index (κ3) is 2.75. The number of nitriles is 1. The van der Waals surface area contributed by atoms with Crippen LogP contribution in [0.5, 0.6) is 0 Å². The molecule has 0 bridgehead atoms. The summed E-state index contributed by atoms with van der Waals surface area (Å²) in [6.45, 7) is 4.30. The van der Waals surface area contributed by atoms with Gasteiger partial charge >= 0.3 is 0 Å². The largest absolute Gasteiger partial charge is 0.192 e. The molecule has 0 N–H and O–H groups in total. The predicted octanol–water partition coefficient (Wildman–Crippen LogP) is 3.50. The van der Waals surface area contributed by atoms with E-state index in [0.29, 0.717) is 11.8 Å². The molecule has 0 radical (unpaired) electrons. The van der Waals surface area contributed by atoms with Crippen molar-refractivity contribution >= 4 is 11.6 Å². The molecule has 0 saturated carbocycles. The average Bonchev–Trinajstić information content (AvgIpc) is 2.17. The first-order valence-corrected chi connectivity index (χ1v) is 5.28. The molecular weight excluding hydrogens is 194 g/mol. The molecule has 0 atom stereocenters. The first kappa shape index (κ1) is 11.1. The highest BCUT2D eigenvalue weighted by molar-refractivity contribution is 6.17. The van der Waals surface area contributed by atoms with Crippen molar-refractivity contribution in [3.05, 3.63) is 34.9 Å². The van der Waals surface area contributed by atoms with Crippen molar-refractivity contribution in [3.63, 3.8) is 0 Å². The topological polar surface area (TPSA) is 23.8 Å². The Bertz CT molecular complexity index is 350. The maximum atomic E-state index is 8.96. The predicted molar refractivity (Wildman–Crippen MR) is 59.3 cm³/mol. The van der Waals surface area contributed by atoms with E-state index in [1.807, 2.05) is 18.2 Å². The molecule has 1 aromatic rings. The van der Waals surface area contributed by atoms with E-state index in [-0.39, 0.29) is 0 Å². The molecule has 1 rings (SSSR count). The Morgan fingerprint density at radius 3 is 2.64 bits per heavy atom. The Morgan fingerprint density at radius 1 is 1.43 bits per heavy atom. The van der Waals surface area contributed by atoms with Gasteiger partial charge in [-0.1, -0.05) is 26.0 Å². The van der Waals surface area contributed by atoms with Gasteiger partial charge < -0.3 is 0 Å².